The quantitative estimate of drug-likeness (QED) is 0.793. The van der Waals surface area contributed by atoms with E-state index in [0.29, 0.717) is 10.9 Å². The Morgan fingerprint density at radius 1 is 1.47 bits per heavy atom. The first kappa shape index (κ1) is 12.8. The van der Waals surface area contributed by atoms with E-state index in [1.807, 2.05) is 22.2 Å². The minimum absolute atomic E-state index is 0.209. The lowest BCUT2D eigenvalue weighted by Gasteiger charge is -2.12. The fourth-order valence-corrected chi connectivity index (χ4v) is 3.38. The predicted octanol–water partition coefficient (Wildman–Crippen LogP) is 3.54. The van der Waals surface area contributed by atoms with E-state index >= 15 is 0 Å². The third kappa shape index (κ3) is 2.56. The Hall–Kier alpha value is -1.24. The van der Waals surface area contributed by atoms with Crippen molar-refractivity contribution in [1.82, 2.24) is 9.38 Å². The summed E-state index contributed by atoms with van der Waals surface area (Å²) in [4.78, 5) is 5.46. The molecule has 0 aliphatic carbocycles. The molecule has 1 aromatic carbocycles. The van der Waals surface area contributed by atoms with Gasteiger partial charge in [0.25, 0.3) is 0 Å². The van der Waals surface area contributed by atoms with Crippen molar-refractivity contribution < 1.29 is 4.39 Å². The molecule has 3 aromatic rings. The second-order valence-corrected chi connectivity index (χ2v) is 6.03. The van der Waals surface area contributed by atoms with Gasteiger partial charge in [-0.3, -0.25) is 4.40 Å². The van der Waals surface area contributed by atoms with E-state index in [1.165, 1.54) is 12.1 Å². The van der Waals surface area contributed by atoms with Gasteiger partial charge in [-0.1, -0.05) is 22.0 Å². The van der Waals surface area contributed by atoms with Gasteiger partial charge in [-0.05, 0) is 17.7 Å². The number of thiazole rings is 1. The number of hydrogen-bond donors (Lipinski definition) is 1. The number of hydrogen-bond acceptors (Lipinski definition) is 3. The van der Waals surface area contributed by atoms with Gasteiger partial charge >= 0.3 is 0 Å². The van der Waals surface area contributed by atoms with Gasteiger partial charge in [0.2, 0.25) is 0 Å². The van der Waals surface area contributed by atoms with Crippen LogP contribution in [0.1, 0.15) is 17.3 Å². The highest BCUT2D eigenvalue weighted by molar-refractivity contribution is 9.10. The number of rotatable bonds is 3. The molecule has 0 radical (unpaired) electrons. The van der Waals surface area contributed by atoms with Crippen LogP contribution in [0.25, 0.3) is 4.96 Å². The average molecular weight is 340 g/mol. The summed E-state index contributed by atoms with van der Waals surface area (Å²) < 4.78 is 15.7. The first-order valence-corrected chi connectivity index (χ1v) is 7.42. The zero-order valence-corrected chi connectivity index (χ0v) is 12.3. The van der Waals surface area contributed by atoms with Gasteiger partial charge in [-0.2, -0.15) is 0 Å². The number of imidazole rings is 1. The Morgan fingerprint density at radius 3 is 3.05 bits per heavy atom. The van der Waals surface area contributed by atoms with Crippen molar-refractivity contribution in [2.24, 2.45) is 5.73 Å². The van der Waals surface area contributed by atoms with Crippen LogP contribution in [0.5, 0.6) is 0 Å². The molecular weight excluding hydrogens is 329 g/mol. The number of benzene rings is 1. The first-order valence-electron chi connectivity index (χ1n) is 5.75. The number of fused-ring (bicyclic) bond motifs is 1. The average Bonchev–Trinajstić information content (AvgIpc) is 2.89. The van der Waals surface area contributed by atoms with Crippen LogP contribution in [0.4, 0.5) is 4.39 Å². The lowest BCUT2D eigenvalue weighted by molar-refractivity contribution is 0.622. The summed E-state index contributed by atoms with van der Waals surface area (Å²) in [5.41, 5.74) is 8.00. The fourth-order valence-electron chi connectivity index (χ4n) is 2.01. The van der Waals surface area contributed by atoms with Gasteiger partial charge in [0.1, 0.15) is 5.82 Å². The molecule has 0 saturated heterocycles. The largest absolute Gasteiger partial charge is 0.324 e. The molecule has 0 amide bonds. The number of nitrogens with two attached hydrogens (primary N) is 1. The molecule has 6 heteroatoms. The molecule has 3 nitrogen and oxygen atoms in total. The minimum atomic E-state index is -0.273. The van der Waals surface area contributed by atoms with E-state index in [4.69, 9.17) is 5.73 Å². The highest BCUT2D eigenvalue weighted by Crippen LogP contribution is 2.25. The molecule has 1 unspecified atom stereocenters. The maximum atomic E-state index is 13.1. The van der Waals surface area contributed by atoms with Crippen LogP contribution in [0, 0.1) is 5.82 Å². The van der Waals surface area contributed by atoms with Crippen molar-refractivity contribution in [3.8, 4) is 0 Å². The van der Waals surface area contributed by atoms with Crippen LogP contribution in [0.3, 0.4) is 0 Å². The van der Waals surface area contributed by atoms with Gasteiger partial charge in [0, 0.05) is 34.7 Å². The monoisotopic (exact) mass is 339 g/mol. The zero-order valence-electron chi connectivity index (χ0n) is 9.88. The summed E-state index contributed by atoms with van der Waals surface area (Å²) in [6.07, 6.45) is 4.57. The van der Waals surface area contributed by atoms with E-state index in [9.17, 15) is 4.39 Å². The summed E-state index contributed by atoms with van der Waals surface area (Å²) in [6.45, 7) is 0. The van der Waals surface area contributed by atoms with Crippen molar-refractivity contribution in [1.29, 1.82) is 0 Å². The highest BCUT2D eigenvalue weighted by atomic mass is 79.9. The molecular formula is C13H11BrFN3S. The number of nitrogens with zero attached hydrogens (tertiary/aromatic N) is 2. The first-order chi connectivity index (χ1) is 9.13. The molecule has 0 aliphatic heterocycles. The SMILES string of the molecule is NC(Cc1cn2ccsc2n1)c1ccc(F)cc1Br. The normalized spacial score (nSPS) is 13.0. The van der Waals surface area contributed by atoms with Gasteiger partial charge in [0.05, 0.1) is 5.69 Å². The molecule has 2 heterocycles. The summed E-state index contributed by atoms with van der Waals surface area (Å²) in [6, 6.07) is 4.36. The zero-order chi connectivity index (χ0) is 13.4. The molecule has 0 spiro atoms. The van der Waals surface area contributed by atoms with Crippen LogP contribution < -0.4 is 5.73 Å². The van der Waals surface area contributed by atoms with Crippen molar-refractivity contribution in [3.63, 3.8) is 0 Å². The third-order valence-corrected chi connectivity index (χ3v) is 4.39. The van der Waals surface area contributed by atoms with Gasteiger partial charge in [-0.15, -0.1) is 11.3 Å². The molecule has 0 fully saturated rings. The van der Waals surface area contributed by atoms with E-state index in [2.05, 4.69) is 20.9 Å². The van der Waals surface area contributed by atoms with Crippen molar-refractivity contribution in [2.45, 2.75) is 12.5 Å². The maximum absolute atomic E-state index is 13.1. The summed E-state index contributed by atoms with van der Waals surface area (Å²) >= 11 is 4.93. The molecule has 0 aliphatic rings. The maximum Gasteiger partial charge on any atom is 0.193 e. The van der Waals surface area contributed by atoms with Crippen LogP contribution in [-0.4, -0.2) is 9.38 Å². The summed E-state index contributed by atoms with van der Waals surface area (Å²) in [5, 5.41) is 1.99. The Kier molecular flexibility index (Phi) is 3.38. The van der Waals surface area contributed by atoms with Crippen LogP contribution in [-0.2, 0) is 6.42 Å². The van der Waals surface area contributed by atoms with Crippen molar-refractivity contribution in [2.75, 3.05) is 0 Å². The second kappa shape index (κ2) is 5.03. The number of halogens is 2. The summed E-state index contributed by atoms with van der Waals surface area (Å²) in [7, 11) is 0. The molecule has 2 aromatic heterocycles. The lowest BCUT2D eigenvalue weighted by Crippen LogP contribution is -2.14. The van der Waals surface area contributed by atoms with Crippen molar-refractivity contribution in [3.05, 3.63) is 57.5 Å². The van der Waals surface area contributed by atoms with Crippen LogP contribution in [0.2, 0.25) is 0 Å². The van der Waals surface area contributed by atoms with E-state index < -0.39 is 0 Å². The van der Waals surface area contributed by atoms with Crippen molar-refractivity contribution >= 4 is 32.2 Å². The molecule has 0 saturated carbocycles. The molecule has 3 rings (SSSR count). The minimum Gasteiger partial charge on any atom is -0.324 e. The lowest BCUT2D eigenvalue weighted by atomic mass is 10.0. The number of aromatic nitrogens is 2. The van der Waals surface area contributed by atoms with Crippen LogP contribution >= 0.6 is 27.3 Å². The summed E-state index contributed by atoms with van der Waals surface area (Å²) in [5.74, 6) is -0.273. The smallest absolute Gasteiger partial charge is 0.193 e. The highest BCUT2D eigenvalue weighted by Gasteiger charge is 2.13. The second-order valence-electron chi connectivity index (χ2n) is 4.30. The Labute approximate surface area is 122 Å². The standard InChI is InChI=1S/C13H11BrFN3S/c14-11-5-8(15)1-2-10(11)12(16)6-9-7-18-3-4-19-13(18)17-9/h1-5,7,12H,6,16H2. The molecule has 98 valence electrons. The molecule has 0 bridgehead atoms. The molecule has 2 N–H and O–H groups in total. The van der Waals surface area contributed by atoms with Gasteiger partial charge < -0.3 is 5.73 Å². The Morgan fingerprint density at radius 2 is 2.32 bits per heavy atom. The Bertz CT molecular complexity index is 693. The van der Waals surface area contributed by atoms with Crippen LogP contribution in [0.15, 0.2) is 40.4 Å². The molecule has 1 atom stereocenters. The fraction of sp³-hybridized carbons (Fsp3) is 0.154. The van der Waals surface area contributed by atoms with E-state index in [-0.39, 0.29) is 11.9 Å². The Balaban J connectivity index is 1.84. The third-order valence-electron chi connectivity index (χ3n) is 2.93. The predicted molar refractivity (Wildman–Crippen MR) is 77.8 cm³/mol. The topological polar surface area (TPSA) is 43.3 Å². The van der Waals surface area contributed by atoms with E-state index in [0.717, 1.165) is 16.2 Å². The van der Waals surface area contributed by atoms with E-state index in [1.54, 1.807) is 17.4 Å². The van der Waals surface area contributed by atoms with Gasteiger partial charge in [-0.25, -0.2) is 9.37 Å². The van der Waals surface area contributed by atoms with Gasteiger partial charge in [0.15, 0.2) is 4.96 Å². The molecule has 19 heavy (non-hydrogen) atoms.